The molecule has 3 fully saturated rings. The SMILES string of the molecule is C[C@@H](C(=O)N1CCN2c3ccccc3C[C@@H]2C1)N1CCN(C2CCCCC2)CC1. The standard InChI is InChI=1S/C24H36N4O/c1-19(25-11-13-26(14-12-25)21-8-3-2-4-9-21)24(29)27-15-16-28-22(18-27)17-20-7-5-6-10-23(20)28/h5-7,10,19,21-22H,2-4,8-9,11-18H2,1H3/t19-,22+/m0/s1. The third-order valence-electron chi connectivity index (χ3n) is 7.90. The smallest absolute Gasteiger partial charge is 0.239 e. The number of hydrogen-bond donors (Lipinski definition) is 0. The number of carbonyl (C=O) groups excluding carboxylic acids is 1. The maximum atomic E-state index is 13.3. The van der Waals surface area contributed by atoms with Crippen LogP contribution in [-0.4, -0.2) is 84.5 Å². The van der Waals surface area contributed by atoms with Gasteiger partial charge in [-0.3, -0.25) is 14.6 Å². The van der Waals surface area contributed by atoms with Crippen LogP contribution < -0.4 is 4.90 Å². The Morgan fingerprint density at radius 3 is 2.48 bits per heavy atom. The average Bonchev–Trinajstić information content (AvgIpc) is 3.16. The molecule has 0 unspecified atom stereocenters. The van der Waals surface area contributed by atoms with Gasteiger partial charge in [0.15, 0.2) is 0 Å². The van der Waals surface area contributed by atoms with Gasteiger partial charge >= 0.3 is 0 Å². The van der Waals surface area contributed by atoms with Crippen molar-refractivity contribution in [3.8, 4) is 0 Å². The number of para-hydroxylation sites is 1. The van der Waals surface area contributed by atoms with Crippen LogP contribution in [0.4, 0.5) is 5.69 Å². The monoisotopic (exact) mass is 396 g/mol. The summed E-state index contributed by atoms with van der Waals surface area (Å²) in [5.74, 6) is 0.340. The zero-order valence-electron chi connectivity index (χ0n) is 17.9. The van der Waals surface area contributed by atoms with E-state index >= 15 is 0 Å². The summed E-state index contributed by atoms with van der Waals surface area (Å²) in [6.45, 7) is 9.18. The number of nitrogens with zero attached hydrogens (tertiary/aromatic N) is 4. The summed E-state index contributed by atoms with van der Waals surface area (Å²) >= 11 is 0. The first-order valence-electron chi connectivity index (χ1n) is 11.8. The number of piperazine rings is 2. The highest BCUT2D eigenvalue weighted by Crippen LogP contribution is 2.34. The summed E-state index contributed by atoms with van der Waals surface area (Å²) in [5.41, 5.74) is 2.83. The molecule has 5 nitrogen and oxygen atoms in total. The van der Waals surface area contributed by atoms with Gasteiger partial charge in [0.25, 0.3) is 0 Å². The molecule has 3 aliphatic heterocycles. The lowest BCUT2D eigenvalue weighted by atomic mass is 9.93. The van der Waals surface area contributed by atoms with Crippen molar-refractivity contribution in [3.63, 3.8) is 0 Å². The maximum absolute atomic E-state index is 13.3. The molecule has 0 bridgehead atoms. The molecule has 0 spiro atoms. The quantitative estimate of drug-likeness (QED) is 0.786. The minimum absolute atomic E-state index is 0.0128. The van der Waals surface area contributed by atoms with Gasteiger partial charge in [0.05, 0.1) is 12.1 Å². The Bertz CT molecular complexity index is 723. The van der Waals surface area contributed by atoms with Gasteiger partial charge in [0.1, 0.15) is 0 Å². The third kappa shape index (κ3) is 3.79. The zero-order valence-corrected chi connectivity index (χ0v) is 17.9. The third-order valence-corrected chi connectivity index (χ3v) is 7.90. The molecule has 4 aliphatic rings. The summed E-state index contributed by atoms with van der Waals surface area (Å²) in [4.78, 5) is 23.1. The van der Waals surface area contributed by atoms with Crippen molar-refractivity contribution in [2.24, 2.45) is 0 Å². The van der Waals surface area contributed by atoms with E-state index in [2.05, 4.69) is 50.8 Å². The summed E-state index contributed by atoms with van der Waals surface area (Å²) < 4.78 is 0. The highest BCUT2D eigenvalue weighted by molar-refractivity contribution is 5.82. The van der Waals surface area contributed by atoms with Crippen molar-refractivity contribution in [2.75, 3.05) is 50.7 Å². The molecule has 5 heteroatoms. The Kier molecular flexibility index (Phi) is 5.53. The maximum Gasteiger partial charge on any atom is 0.239 e. The van der Waals surface area contributed by atoms with Crippen molar-refractivity contribution in [1.29, 1.82) is 0 Å². The lowest BCUT2D eigenvalue weighted by Gasteiger charge is -2.44. The molecular formula is C24H36N4O. The fourth-order valence-electron chi connectivity index (χ4n) is 6.12. The van der Waals surface area contributed by atoms with Crippen LogP contribution in [0.5, 0.6) is 0 Å². The Hall–Kier alpha value is -1.59. The van der Waals surface area contributed by atoms with Gasteiger partial charge in [-0.05, 0) is 37.8 Å². The second kappa shape index (κ2) is 8.27. The summed E-state index contributed by atoms with van der Waals surface area (Å²) in [6, 6.07) is 10.0. The number of rotatable bonds is 3. The number of benzene rings is 1. The number of fused-ring (bicyclic) bond motifs is 3. The van der Waals surface area contributed by atoms with Crippen molar-refractivity contribution >= 4 is 11.6 Å². The van der Waals surface area contributed by atoms with Gasteiger partial charge in [-0.2, -0.15) is 0 Å². The van der Waals surface area contributed by atoms with Gasteiger partial charge in [-0.15, -0.1) is 0 Å². The molecule has 1 saturated carbocycles. The van der Waals surface area contributed by atoms with Crippen molar-refractivity contribution in [1.82, 2.24) is 14.7 Å². The summed E-state index contributed by atoms with van der Waals surface area (Å²) in [6.07, 6.45) is 8.05. The van der Waals surface area contributed by atoms with E-state index in [1.54, 1.807) is 0 Å². The predicted octanol–water partition coefficient (Wildman–Crippen LogP) is 2.60. The van der Waals surface area contributed by atoms with E-state index in [4.69, 9.17) is 0 Å². The van der Waals surface area contributed by atoms with Gasteiger partial charge in [-0.1, -0.05) is 37.5 Å². The minimum Gasteiger partial charge on any atom is -0.364 e. The van der Waals surface area contributed by atoms with E-state index < -0.39 is 0 Å². The zero-order chi connectivity index (χ0) is 19.8. The number of carbonyl (C=O) groups is 1. The molecule has 2 saturated heterocycles. The lowest BCUT2D eigenvalue weighted by Crippen LogP contribution is -2.60. The first-order chi connectivity index (χ1) is 14.2. The largest absolute Gasteiger partial charge is 0.364 e. The van der Waals surface area contributed by atoms with E-state index in [9.17, 15) is 4.79 Å². The highest BCUT2D eigenvalue weighted by atomic mass is 16.2. The molecule has 29 heavy (non-hydrogen) atoms. The molecule has 1 aliphatic carbocycles. The van der Waals surface area contributed by atoms with Crippen LogP contribution in [0.25, 0.3) is 0 Å². The number of hydrogen-bond acceptors (Lipinski definition) is 4. The van der Waals surface area contributed by atoms with E-state index in [0.717, 1.165) is 58.3 Å². The van der Waals surface area contributed by atoms with Crippen LogP contribution in [-0.2, 0) is 11.2 Å². The van der Waals surface area contributed by atoms with Crippen LogP contribution >= 0.6 is 0 Å². The van der Waals surface area contributed by atoms with Crippen LogP contribution in [0.2, 0.25) is 0 Å². The molecule has 0 radical (unpaired) electrons. The van der Waals surface area contributed by atoms with Gasteiger partial charge in [0, 0.05) is 57.5 Å². The normalized spacial score (nSPS) is 27.6. The topological polar surface area (TPSA) is 30.0 Å². The molecular weight excluding hydrogens is 360 g/mol. The lowest BCUT2D eigenvalue weighted by molar-refractivity contribution is -0.138. The Morgan fingerprint density at radius 1 is 0.931 bits per heavy atom. The molecule has 158 valence electrons. The molecule has 2 atom stereocenters. The first-order valence-corrected chi connectivity index (χ1v) is 11.8. The van der Waals surface area contributed by atoms with Gasteiger partial charge in [-0.25, -0.2) is 0 Å². The molecule has 3 heterocycles. The first kappa shape index (κ1) is 19.4. The molecule has 1 aromatic rings. The van der Waals surface area contributed by atoms with Gasteiger partial charge in [0.2, 0.25) is 5.91 Å². The Labute approximate surface area is 175 Å². The molecule has 0 N–H and O–H groups in total. The Balaban J connectivity index is 1.15. The van der Waals surface area contributed by atoms with E-state index in [1.807, 2.05) is 0 Å². The average molecular weight is 397 g/mol. The van der Waals surface area contributed by atoms with Gasteiger partial charge < -0.3 is 9.80 Å². The summed E-state index contributed by atoms with van der Waals surface area (Å²) in [5, 5.41) is 0. The second-order valence-electron chi connectivity index (χ2n) is 9.50. The fourth-order valence-corrected chi connectivity index (χ4v) is 6.12. The number of amides is 1. The predicted molar refractivity (Wildman–Crippen MR) is 117 cm³/mol. The van der Waals surface area contributed by atoms with Crippen LogP contribution in [0.1, 0.15) is 44.6 Å². The van der Waals surface area contributed by atoms with E-state index in [0.29, 0.717) is 11.9 Å². The van der Waals surface area contributed by atoms with Crippen molar-refractivity contribution < 1.29 is 4.79 Å². The van der Waals surface area contributed by atoms with E-state index in [-0.39, 0.29) is 6.04 Å². The molecule has 1 aromatic carbocycles. The second-order valence-corrected chi connectivity index (χ2v) is 9.50. The Morgan fingerprint density at radius 2 is 1.69 bits per heavy atom. The van der Waals surface area contributed by atoms with Crippen LogP contribution in [0, 0.1) is 0 Å². The fraction of sp³-hybridized carbons (Fsp3) is 0.708. The molecule has 1 amide bonds. The van der Waals surface area contributed by atoms with E-state index in [1.165, 1.54) is 43.4 Å². The molecule has 5 rings (SSSR count). The van der Waals surface area contributed by atoms with Crippen LogP contribution in [0.3, 0.4) is 0 Å². The van der Waals surface area contributed by atoms with Crippen LogP contribution in [0.15, 0.2) is 24.3 Å². The summed E-state index contributed by atoms with van der Waals surface area (Å²) in [7, 11) is 0. The molecule has 0 aromatic heterocycles. The minimum atomic E-state index is 0.0128. The van der Waals surface area contributed by atoms with Crippen molar-refractivity contribution in [2.45, 2.75) is 63.6 Å². The highest BCUT2D eigenvalue weighted by Gasteiger charge is 2.38. The number of anilines is 1. The van der Waals surface area contributed by atoms with Crippen molar-refractivity contribution in [3.05, 3.63) is 29.8 Å².